The molecule has 0 aliphatic rings. The molecule has 102 valence electrons. The number of hydrogen-bond donors (Lipinski definition) is 1. The first-order valence-corrected chi connectivity index (χ1v) is 8.52. The van der Waals surface area contributed by atoms with Gasteiger partial charge < -0.3 is 0 Å². The van der Waals surface area contributed by atoms with Gasteiger partial charge in [-0.25, -0.2) is 13.1 Å². The van der Waals surface area contributed by atoms with Gasteiger partial charge in [0.25, 0.3) is 0 Å². The summed E-state index contributed by atoms with van der Waals surface area (Å²) in [6.45, 7) is 2.09. The van der Waals surface area contributed by atoms with Crippen LogP contribution in [-0.2, 0) is 16.4 Å². The van der Waals surface area contributed by atoms with E-state index in [4.69, 9.17) is 11.6 Å². The quantitative estimate of drug-likeness (QED) is 0.920. The van der Waals surface area contributed by atoms with Crippen LogP contribution in [0.25, 0.3) is 0 Å². The highest BCUT2D eigenvalue weighted by molar-refractivity contribution is 7.89. The molecular formula is C13H14ClNO2S2. The van der Waals surface area contributed by atoms with Gasteiger partial charge in [-0.1, -0.05) is 23.7 Å². The van der Waals surface area contributed by atoms with Gasteiger partial charge in [-0.15, -0.1) is 11.3 Å². The van der Waals surface area contributed by atoms with Gasteiger partial charge in [-0.2, -0.15) is 0 Å². The van der Waals surface area contributed by atoms with Crippen LogP contribution in [0.15, 0.2) is 40.6 Å². The van der Waals surface area contributed by atoms with Gasteiger partial charge in [0.05, 0.1) is 4.90 Å². The molecule has 0 saturated carbocycles. The molecule has 2 aromatic rings. The molecular weight excluding hydrogens is 302 g/mol. The van der Waals surface area contributed by atoms with E-state index in [0.29, 0.717) is 23.6 Å². The van der Waals surface area contributed by atoms with E-state index in [9.17, 15) is 8.42 Å². The average Bonchev–Trinajstić information content (AvgIpc) is 2.85. The Bertz CT molecular complexity index is 651. The molecule has 0 fully saturated rings. The van der Waals surface area contributed by atoms with E-state index in [1.54, 1.807) is 36.5 Å². The molecule has 0 bridgehead atoms. The van der Waals surface area contributed by atoms with Gasteiger partial charge in [0, 0.05) is 16.4 Å². The maximum absolute atomic E-state index is 12.2. The highest BCUT2D eigenvalue weighted by atomic mass is 35.5. The average molecular weight is 316 g/mol. The summed E-state index contributed by atoms with van der Waals surface area (Å²) in [7, 11) is -3.50. The first-order valence-electron chi connectivity index (χ1n) is 5.78. The molecule has 0 atom stereocenters. The Morgan fingerprint density at radius 2 is 2.05 bits per heavy atom. The van der Waals surface area contributed by atoms with Crippen LogP contribution in [0.1, 0.15) is 10.4 Å². The van der Waals surface area contributed by atoms with Crippen LogP contribution >= 0.6 is 22.9 Å². The molecule has 1 heterocycles. The molecule has 1 aromatic carbocycles. The Hall–Kier alpha value is -0.880. The van der Waals surface area contributed by atoms with E-state index in [1.807, 2.05) is 17.5 Å². The van der Waals surface area contributed by atoms with Gasteiger partial charge >= 0.3 is 0 Å². The minimum Gasteiger partial charge on any atom is -0.211 e. The van der Waals surface area contributed by atoms with Crippen LogP contribution in [0, 0.1) is 6.92 Å². The fourth-order valence-corrected chi connectivity index (χ4v) is 3.96. The van der Waals surface area contributed by atoms with Crippen LogP contribution in [0.4, 0.5) is 0 Å². The molecule has 2 rings (SSSR count). The molecule has 6 heteroatoms. The number of nitrogens with one attached hydrogen (secondary N) is 1. The highest BCUT2D eigenvalue weighted by Crippen LogP contribution is 2.22. The lowest BCUT2D eigenvalue weighted by molar-refractivity contribution is 0.581. The van der Waals surface area contributed by atoms with E-state index >= 15 is 0 Å². The fraction of sp³-hybridized carbons (Fsp3) is 0.231. The number of sulfonamides is 1. The lowest BCUT2D eigenvalue weighted by atomic mass is 10.2. The third-order valence-electron chi connectivity index (χ3n) is 2.75. The van der Waals surface area contributed by atoms with E-state index in [1.165, 1.54) is 0 Å². The largest absolute Gasteiger partial charge is 0.240 e. The van der Waals surface area contributed by atoms with Gasteiger partial charge in [0.2, 0.25) is 10.0 Å². The molecule has 19 heavy (non-hydrogen) atoms. The van der Waals surface area contributed by atoms with Gasteiger partial charge in [0.1, 0.15) is 0 Å². The van der Waals surface area contributed by atoms with Crippen LogP contribution < -0.4 is 4.72 Å². The zero-order valence-corrected chi connectivity index (χ0v) is 12.8. The Labute approximate surface area is 122 Å². The lowest BCUT2D eigenvalue weighted by Crippen LogP contribution is -2.26. The minimum atomic E-state index is -3.50. The Morgan fingerprint density at radius 1 is 1.26 bits per heavy atom. The molecule has 3 nitrogen and oxygen atoms in total. The fourth-order valence-electron chi connectivity index (χ4n) is 1.72. The number of hydrogen-bond acceptors (Lipinski definition) is 3. The van der Waals surface area contributed by atoms with Crippen molar-refractivity contribution in [3.05, 3.63) is 51.2 Å². The molecule has 0 amide bonds. The van der Waals surface area contributed by atoms with Crippen LogP contribution in [-0.4, -0.2) is 15.0 Å². The van der Waals surface area contributed by atoms with Crippen molar-refractivity contribution < 1.29 is 8.42 Å². The number of benzene rings is 1. The van der Waals surface area contributed by atoms with E-state index in [2.05, 4.69) is 4.72 Å². The second-order valence-corrected chi connectivity index (χ2v) is 7.26. The smallest absolute Gasteiger partial charge is 0.211 e. The van der Waals surface area contributed by atoms with E-state index < -0.39 is 10.0 Å². The number of thiophene rings is 1. The Morgan fingerprint density at radius 3 is 2.74 bits per heavy atom. The Balaban J connectivity index is 2.08. The maximum atomic E-state index is 12.2. The van der Waals surface area contributed by atoms with Crippen molar-refractivity contribution in [3.8, 4) is 0 Å². The van der Waals surface area contributed by atoms with Crippen LogP contribution in [0.3, 0.4) is 0 Å². The summed E-state index contributed by atoms with van der Waals surface area (Å²) in [5.74, 6) is 0. The van der Waals surface area contributed by atoms with Gasteiger partial charge in [-0.05, 0) is 42.5 Å². The van der Waals surface area contributed by atoms with Gasteiger partial charge in [-0.3, -0.25) is 0 Å². The standard InChI is InChI=1S/C13H14ClNO2S2/c1-10-12(14)5-2-6-13(10)19(16,17)15-8-7-11-4-3-9-18-11/h2-6,9,15H,7-8H2,1H3. The number of halogens is 1. The summed E-state index contributed by atoms with van der Waals surface area (Å²) in [5.41, 5.74) is 0.577. The molecule has 0 spiro atoms. The van der Waals surface area contributed by atoms with Crippen LogP contribution in [0.2, 0.25) is 5.02 Å². The SMILES string of the molecule is Cc1c(Cl)cccc1S(=O)(=O)NCCc1cccs1. The van der Waals surface area contributed by atoms with Crippen molar-refractivity contribution in [2.24, 2.45) is 0 Å². The summed E-state index contributed by atoms with van der Waals surface area (Å²) in [6.07, 6.45) is 0.691. The molecule has 0 unspecified atom stereocenters. The van der Waals surface area contributed by atoms with Crippen molar-refractivity contribution in [1.82, 2.24) is 4.72 Å². The molecule has 1 N–H and O–H groups in total. The predicted octanol–water partition coefficient (Wildman–Crippen LogP) is 3.23. The molecule has 1 aromatic heterocycles. The minimum absolute atomic E-state index is 0.242. The predicted molar refractivity (Wildman–Crippen MR) is 79.4 cm³/mol. The summed E-state index contributed by atoms with van der Waals surface area (Å²) in [6, 6.07) is 8.83. The molecule has 0 radical (unpaired) electrons. The molecule has 0 aliphatic heterocycles. The van der Waals surface area contributed by atoms with Crippen LogP contribution in [0.5, 0.6) is 0 Å². The van der Waals surface area contributed by atoms with Gasteiger partial charge in [0.15, 0.2) is 0 Å². The third kappa shape index (κ3) is 3.57. The second kappa shape index (κ2) is 6.05. The molecule has 0 aliphatic carbocycles. The second-order valence-electron chi connectivity index (χ2n) is 4.09. The monoisotopic (exact) mass is 315 g/mol. The van der Waals surface area contributed by atoms with Crippen molar-refractivity contribution in [2.45, 2.75) is 18.2 Å². The third-order valence-corrected chi connectivity index (χ3v) is 5.70. The van der Waals surface area contributed by atoms with E-state index in [-0.39, 0.29) is 4.90 Å². The van der Waals surface area contributed by atoms with Crippen molar-refractivity contribution >= 4 is 33.0 Å². The summed E-state index contributed by atoms with van der Waals surface area (Å²) in [4.78, 5) is 1.40. The summed E-state index contributed by atoms with van der Waals surface area (Å²) < 4.78 is 26.9. The normalized spacial score (nSPS) is 11.7. The zero-order chi connectivity index (χ0) is 13.9. The maximum Gasteiger partial charge on any atom is 0.240 e. The number of rotatable bonds is 5. The highest BCUT2D eigenvalue weighted by Gasteiger charge is 2.17. The first kappa shape index (κ1) is 14.5. The summed E-state index contributed by atoms with van der Waals surface area (Å²) >= 11 is 7.56. The van der Waals surface area contributed by atoms with Crippen molar-refractivity contribution in [2.75, 3.05) is 6.54 Å². The van der Waals surface area contributed by atoms with Crippen molar-refractivity contribution in [3.63, 3.8) is 0 Å². The first-order chi connectivity index (χ1) is 9.00. The topological polar surface area (TPSA) is 46.2 Å². The van der Waals surface area contributed by atoms with Crippen molar-refractivity contribution in [1.29, 1.82) is 0 Å². The summed E-state index contributed by atoms with van der Waals surface area (Å²) in [5, 5.41) is 2.44. The lowest BCUT2D eigenvalue weighted by Gasteiger charge is -2.09. The molecule has 0 saturated heterocycles. The van der Waals surface area contributed by atoms with E-state index in [0.717, 1.165) is 4.88 Å². The zero-order valence-electron chi connectivity index (χ0n) is 10.4. The Kier molecular flexibility index (Phi) is 4.62.